The van der Waals surface area contributed by atoms with Crippen LogP contribution in [0.25, 0.3) is 0 Å². The lowest BCUT2D eigenvalue weighted by atomic mass is 10.1. The summed E-state index contributed by atoms with van der Waals surface area (Å²) in [6, 6.07) is 7.20. The second-order valence-electron chi connectivity index (χ2n) is 3.61. The molecular weight excluding hydrogens is 286 g/mol. The van der Waals surface area contributed by atoms with Gasteiger partial charge in [0.25, 0.3) is 0 Å². The molecule has 0 bridgehead atoms. The molecule has 5 nitrogen and oxygen atoms in total. The van der Waals surface area contributed by atoms with Crippen molar-refractivity contribution in [2.45, 2.75) is 12.5 Å². The lowest BCUT2D eigenvalue weighted by Crippen LogP contribution is -2.14. The molecule has 0 aliphatic rings. The Balaban J connectivity index is 2.14. The molecule has 90 valence electrons. The highest BCUT2D eigenvalue weighted by atomic mass is 79.9. The summed E-state index contributed by atoms with van der Waals surface area (Å²) in [5.41, 5.74) is 6.64. The molecule has 2 rings (SSSR count). The van der Waals surface area contributed by atoms with Crippen molar-refractivity contribution in [1.29, 1.82) is 0 Å². The summed E-state index contributed by atoms with van der Waals surface area (Å²) in [6.45, 7) is -0.212. The Morgan fingerprint density at radius 3 is 2.88 bits per heavy atom. The predicted octanol–water partition coefficient (Wildman–Crippen LogP) is 1.41. The first-order valence-corrected chi connectivity index (χ1v) is 5.92. The van der Waals surface area contributed by atoms with Crippen LogP contribution in [0.3, 0.4) is 0 Å². The highest BCUT2D eigenvalue weighted by Gasteiger charge is 2.14. The highest BCUT2D eigenvalue weighted by molar-refractivity contribution is 9.10. The molecule has 3 N–H and O–H groups in total. The SMILES string of the molecule is N[C@H](CO)c1nc(Cc2ccccc2Br)no1. The van der Waals surface area contributed by atoms with Crippen LogP contribution >= 0.6 is 15.9 Å². The molecule has 6 heteroatoms. The molecule has 0 amide bonds. The Bertz CT molecular complexity index is 501. The van der Waals surface area contributed by atoms with E-state index < -0.39 is 6.04 Å². The van der Waals surface area contributed by atoms with Crippen molar-refractivity contribution in [3.63, 3.8) is 0 Å². The van der Waals surface area contributed by atoms with Crippen LogP contribution in [0.2, 0.25) is 0 Å². The van der Waals surface area contributed by atoms with E-state index in [1.807, 2.05) is 24.3 Å². The van der Waals surface area contributed by atoms with E-state index in [0.29, 0.717) is 12.2 Å². The van der Waals surface area contributed by atoms with Crippen LogP contribution in [0.4, 0.5) is 0 Å². The number of hydrogen-bond donors (Lipinski definition) is 2. The van der Waals surface area contributed by atoms with Crippen LogP contribution in [0.15, 0.2) is 33.3 Å². The molecular formula is C11H12BrN3O2. The fourth-order valence-corrected chi connectivity index (χ4v) is 1.81. The molecule has 1 heterocycles. The molecule has 1 aromatic carbocycles. The van der Waals surface area contributed by atoms with E-state index in [1.54, 1.807) is 0 Å². The molecule has 2 aromatic rings. The first-order chi connectivity index (χ1) is 8.20. The molecule has 0 radical (unpaired) electrons. The maximum Gasteiger partial charge on any atom is 0.245 e. The van der Waals surface area contributed by atoms with Gasteiger partial charge < -0.3 is 15.4 Å². The zero-order valence-corrected chi connectivity index (χ0v) is 10.6. The average Bonchev–Trinajstić information content (AvgIpc) is 2.80. The van der Waals surface area contributed by atoms with E-state index >= 15 is 0 Å². The number of hydrogen-bond acceptors (Lipinski definition) is 5. The Hall–Kier alpha value is -1.24. The first-order valence-electron chi connectivity index (χ1n) is 5.13. The van der Waals surface area contributed by atoms with E-state index in [9.17, 15) is 0 Å². The van der Waals surface area contributed by atoms with Gasteiger partial charge in [-0.15, -0.1) is 0 Å². The second-order valence-corrected chi connectivity index (χ2v) is 4.46. The van der Waals surface area contributed by atoms with Gasteiger partial charge in [0.1, 0.15) is 6.04 Å². The van der Waals surface area contributed by atoms with Crippen LogP contribution in [0, 0.1) is 0 Å². The molecule has 0 spiro atoms. The van der Waals surface area contributed by atoms with Crippen LogP contribution in [-0.4, -0.2) is 21.9 Å². The maximum absolute atomic E-state index is 8.87. The summed E-state index contributed by atoms with van der Waals surface area (Å²) in [5.74, 6) is 0.811. The number of halogens is 1. The van der Waals surface area contributed by atoms with Gasteiger partial charge in [-0.25, -0.2) is 0 Å². The van der Waals surface area contributed by atoms with Crippen molar-refractivity contribution in [3.05, 3.63) is 46.0 Å². The molecule has 0 aliphatic heterocycles. The van der Waals surface area contributed by atoms with Gasteiger partial charge in [0.15, 0.2) is 5.82 Å². The molecule has 1 atom stereocenters. The van der Waals surface area contributed by atoms with E-state index in [0.717, 1.165) is 10.0 Å². The predicted molar refractivity (Wildman–Crippen MR) is 65.3 cm³/mol. The minimum atomic E-state index is -0.615. The fourth-order valence-electron chi connectivity index (χ4n) is 1.38. The highest BCUT2D eigenvalue weighted by Crippen LogP contribution is 2.18. The lowest BCUT2D eigenvalue weighted by molar-refractivity contribution is 0.236. The van der Waals surface area contributed by atoms with Crippen molar-refractivity contribution in [2.75, 3.05) is 6.61 Å². The van der Waals surface area contributed by atoms with Crippen molar-refractivity contribution >= 4 is 15.9 Å². The molecule has 1 aromatic heterocycles. The topological polar surface area (TPSA) is 85.2 Å². The molecule has 0 fully saturated rings. The van der Waals surface area contributed by atoms with Crippen LogP contribution in [0.5, 0.6) is 0 Å². The minimum absolute atomic E-state index is 0.212. The zero-order chi connectivity index (χ0) is 12.3. The van der Waals surface area contributed by atoms with Crippen LogP contribution < -0.4 is 5.73 Å². The summed E-state index contributed by atoms with van der Waals surface area (Å²) in [7, 11) is 0. The van der Waals surface area contributed by atoms with Gasteiger partial charge in [-0.1, -0.05) is 39.3 Å². The first kappa shape index (κ1) is 12.2. The third-order valence-electron chi connectivity index (χ3n) is 2.30. The van der Waals surface area contributed by atoms with E-state index in [1.165, 1.54) is 0 Å². The van der Waals surface area contributed by atoms with Gasteiger partial charge in [0, 0.05) is 10.9 Å². The Morgan fingerprint density at radius 1 is 1.41 bits per heavy atom. The van der Waals surface area contributed by atoms with E-state index in [2.05, 4.69) is 26.1 Å². The number of benzene rings is 1. The Labute approximate surface area is 107 Å². The maximum atomic E-state index is 8.87. The van der Waals surface area contributed by atoms with Crippen molar-refractivity contribution < 1.29 is 9.63 Å². The van der Waals surface area contributed by atoms with Crippen molar-refractivity contribution in [3.8, 4) is 0 Å². The number of aliphatic hydroxyl groups is 1. The molecule has 0 aliphatic carbocycles. The minimum Gasteiger partial charge on any atom is -0.394 e. The Morgan fingerprint density at radius 2 is 2.18 bits per heavy atom. The summed E-state index contributed by atoms with van der Waals surface area (Å²) in [5, 5.41) is 12.7. The quantitative estimate of drug-likeness (QED) is 0.891. The van der Waals surface area contributed by atoms with Gasteiger partial charge >= 0.3 is 0 Å². The molecule has 0 unspecified atom stereocenters. The van der Waals surface area contributed by atoms with Gasteiger partial charge in [-0.2, -0.15) is 4.98 Å². The monoisotopic (exact) mass is 297 g/mol. The fraction of sp³-hybridized carbons (Fsp3) is 0.273. The number of rotatable bonds is 4. The van der Waals surface area contributed by atoms with Gasteiger partial charge in [-0.05, 0) is 11.6 Å². The summed E-state index contributed by atoms with van der Waals surface area (Å²) >= 11 is 3.45. The summed E-state index contributed by atoms with van der Waals surface area (Å²) in [6.07, 6.45) is 0.559. The van der Waals surface area contributed by atoms with E-state index in [4.69, 9.17) is 15.4 Å². The third-order valence-corrected chi connectivity index (χ3v) is 3.08. The molecule has 0 saturated heterocycles. The number of aliphatic hydroxyl groups excluding tert-OH is 1. The second kappa shape index (κ2) is 5.39. The standard InChI is InChI=1S/C11H12BrN3O2/c12-8-4-2-1-3-7(8)5-10-14-11(17-15-10)9(13)6-16/h1-4,9,16H,5-6,13H2/t9-/m1/s1. The summed E-state index contributed by atoms with van der Waals surface area (Å²) in [4.78, 5) is 4.13. The average molecular weight is 298 g/mol. The van der Waals surface area contributed by atoms with Crippen LogP contribution in [-0.2, 0) is 6.42 Å². The lowest BCUT2D eigenvalue weighted by Gasteiger charge is -2.00. The number of nitrogens with two attached hydrogens (primary N) is 1. The largest absolute Gasteiger partial charge is 0.394 e. The number of aromatic nitrogens is 2. The molecule has 17 heavy (non-hydrogen) atoms. The normalized spacial score (nSPS) is 12.6. The van der Waals surface area contributed by atoms with Crippen molar-refractivity contribution in [1.82, 2.24) is 10.1 Å². The number of nitrogens with zero attached hydrogens (tertiary/aromatic N) is 2. The zero-order valence-electron chi connectivity index (χ0n) is 9.01. The summed E-state index contributed by atoms with van der Waals surface area (Å²) < 4.78 is 5.97. The van der Waals surface area contributed by atoms with Gasteiger partial charge in [-0.3, -0.25) is 0 Å². The van der Waals surface area contributed by atoms with Crippen molar-refractivity contribution in [2.24, 2.45) is 5.73 Å². The Kier molecular flexibility index (Phi) is 3.88. The van der Waals surface area contributed by atoms with E-state index in [-0.39, 0.29) is 12.5 Å². The molecule has 0 saturated carbocycles. The van der Waals surface area contributed by atoms with Gasteiger partial charge in [0.05, 0.1) is 6.61 Å². The smallest absolute Gasteiger partial charge is 0.245 e. The van der Waals surface area contributed by atoms with Crippen LogP contribution in [0.1, 0.15) is 23.3 Å². The third kappa shape index (κ3) is 2.91. The van der Waals surface area contributed by atoms with Gasteiger partial charge in [0.2, 0.25) is 5.89 Å².